The van der Waals surface area contributed by atoms with Gasteiger partial charge in [0.2, 0.25) is 10.0 Å². The number of nitrogens with one attached hydrogen (secondary N) is 2. The minimum atomic E-state index is -3.56. The summed E-state index contributed by atoms with van der Waals surface area (Å²) < 4.78 is 32.2. The highest BCUT2D eigenvalue weighted by molar-refractivity contribution is 7.89. The van der Waals surface area contributed by atoms with E-state index in [1.54, 1.807) is 6.07 Å². The van der Waals surface area contributed by atoms with Gasteiger partial charge < -0.3 is 9.73 Å². The van der Waals surface area contributed by atoms with Gasteiger partial charge in [-0.1, -0.05) is 0 Å². The standard InChI is InChI=1S/C13H14N2O4S.ClH/c16-13-4-1-9-7-11(2-3-12(9)19-13)20(17,18)15-10-5-6-14-8-10;/h1-4,7,10,14-15H,5-6,8H2;1H. The van der Waals surface area contributed by atoms with E-state index in [0.29, 0.717) is 17.5 Å². The smallest absolute Gasteiger partial charge is 0.336 e. The Labute approximate surface area is 128 Å². The van der Waals surface area contributed by atoms with Crippen molar-refractivity contribution in [2.24, 2.45) is 0 Å². The van der Waals surface area contributed by atoms with Crippen molar-refractivity contribution in [3.63, 3.8) is 0 Å². The maximum absolute atomic E-state index is 12.3. The molecule has 114 valence electrons. The van der Waals surface area contributed by atoms with Crippen molar-refractivity contribution >= 4 is 33.4 Å². The van der Waals surface area contributed by atoms with Gasteiger partial charge in [-0.2, -0.15) is 0 Å². The zero-order valence-electron chi connectivity index (χ0n) is 11.0. The van der Waals surface area contributed by atoms with Crippen LogP contribution in [0, 0.1) is 0 Å². The molecule has 0 aliphatic carbocycles. The van der Waals surface area contributed by atoms with Gasteiger partial charge in [0.1, 0.15) is 5.58 Å². The Bertz CT molecular complexity index is 797. The molecule has 2 aromatic rings. The molecule has 1 saturated heterocycles. The van der Waals surface area contributed by atoms with Gasteiger partial charge in [-0.05, 0) is 37.2 Å². The monoisotopic (exact) mass is 330 g/mol. The zero-order chi connectivity index (χ0) is 14.2. The highest BCUT2D eigenvalue weighted by Crippen LogP contribution is 2.18. The third-order valence-corrected chi connectivity index (χ3v) is 4.80. The quantitative estimate of drug-likeness (QED) is 0.815. The number of sulfonamides is 1. The molecule has 1 aliphatic rings. The summed E-state index contributed by atoms with van der Waals surface area (Å²) in [6, 6.07) is 7.19. The van der Waals surface area contributed by atoms with E-state index in [-0.39, 0.29) is 23.3 Å². The molecule has 3 rings (SSSR count). The second-order valence-electron chi connectivity index (χ2n) is 4.77. The van der Waals surface area contributed by atoms with E-state index >= 15 is 0 Å². The Hall–Kier alpha value is -1.41. The van der Waals surface area contributed by atoms with Crippen LogP contribution in [0.3, 0.4) is 0 Å². The molecule has 1 aromatic carbocycles. The largest absolute Gasteiger partial charge is 0.423 e. The third kappa shape index (κ3) is 3.44. The lowest BCUT2D eigenvalue weighted by Gasteiger charge is -2.12. The number of hydrogen-bond acceptors (Lipinski definition) is 5. The Morgan fingerprint density at radius 3 is 2.76 bits per heavy atom. The van der Waals surface area contributed by atoms with Crippen LogP contribution in [0.15, 0.2) is 44.4 Å². The van der Waals surface area contributed by atoms with Crippen LogP contribution in [0.25, 0.3) is 11.0 Å². The van der Waals surface area contributed by atoms with Crippen molar-refractivity contribution in [3.8, 4) is 0 Å². The van der Waals surface area contributed by atoms with Crippen molar-refractivity contribution in [3.05, 3.63) is 40.8 Å². The molecule has 1 unspecified atom stereocenters. The van der Waals surface area contributed by atoms with Gasteiger partial charge in [0, 0.05) is 24.0 Å². The molecule has 2 heterocycles. The maximum Gasteiger partial charge on any atom is 0.336 e. The topological polar surface area (TPSA) is 88.4 Å². The van der Waals surface area contributed by atoms with Crippen LogP contribution in [0.5, 0.6) is 0 Å². The van der Waals surface area contributed by atoms with Crippen LogP contribution < -0.4 is 15.7 Å². The lowest BCUT2D eigenvalue weighted by Crippen LogP contribution is -2.36. The van der Waals surface area contributed by atoms with E-state index in [0.717, 1.165) is 13.0 Å². The Morgan fingerprint density at radius 2 is 2.05 bits per heavy atom. The molecule has 0 spiro atoms. The van der Waals surface area contributed by atoms with E-state index in [2.05, 4.69) is 10.0 Å². The van der Waals surface area contributed by atoms with Crippen LogP contribution in [0.1, 0.15) is 6.42 Å². The molecule has 0 saturated carbocycles. The van der Waals surface area contributed by atoms with E-state index in [9.17, 15) is 13.2 Å². The van der Waals surface area contributed by atoms with Crippen LogP contribution in [-0.2, 0) is 10.0 Å². The molecule has 1 fully saturated rings. The number of benzene rings is 1. The SMILES string of the molecule is Cl.O=c1ccc2cc(S(=O)(=O)NC3CCNC3)ccc2o1. The molecule has 2 N–H and O–H groups in total. The highest BCUT2D eigenvalue weighted by Gasteiger charge is 2.22. The minimum Gasteiger partial charge on any atom is -0.423 e. The fourth-order valence-corrected chi connectivity index (χ4v) is 3.57. The normalized spacial score (nSPS) is 18.6. The number of halogens is 1. The Morgan fingerprint density at radius 1 is 1.24 bits per heavy atom. The summed E-state index contributed by atoms with van der Waals surface area (Å²) in [6.45, 7) is 1.46. The van der Waals surface area contributed by atoms with E-state index in [1.807, 2.05) is 0 Å². The van der Waals surface area contributed by atoms with Gasteiger partial charge >= 0.3 is 5.63 Å². The molecule has 1 atom stereocenters. The van der Waals surface area contributed by atoms with Crippen molar-refractivity contribution in [2.75, 3.05) is 13.1 Å². The first-order valence-corrected chi connectivity index (χ1v) is 7.80. The number of rotatable bonds is 3. The molecule has 0 bridgehead atoms. The van der Waals surface area contributed by atoms with Crippen molar-refractivity contribution in [1.82, 2.24) is 10.0 Å². The average molecular weight is 331 g/mol. The molecular formula is C13H15ClN2O4S. The molecule has 1 aliphatic heterocycles. The fourth-order valence-electron chi connectivity index (χ4n) is 2.26. The summed E-state index contributed by atoms with van der Waals surface area (Å²) in [7, 11) is -3.56. The second-order valence-corrected chi connectivity index (χ2v) is 6.48. The zero-order valence-corrected chi connectivity index (χ0v) is 12.7. The lowest BCUT2D eigenvalue weighted by atomic mass is 10.2. The molecule has 8 heteroatoms. The summed E-state index contributed by atoms with van der Waals surface area (Å²) >= 11 is 0. The predicted molar refractivity (Wildman–Crippen MR) is 81.3 cm³/mol. The molecule has 0 amide bonds. The summed E-state index contributed by atoms with van der Waals surface area (Å²) in [5, 5.41) is 3.69. The first-order chi connectivity index (χ1) is 9.54. The van der Waals surface area contributed by atoms with Crippen LogP contribution in [0.2, 0.25) is 0 Å². The Kier molecular flexibility index (Phi) is 4.67. The van der Waals surface area contributed by atoms with E-state index in [4.69, 9.17) is 4.42 Å². The fraction of sp³-hybridized carbons (Fsp3) is 0.308. The first-order valence-electron chi connectivity index (χ1n) is 6.31. The highest BCUT2D eigenvalue weighted by atomic mass is 35.5. The van der Waals surface area contributed by atoms with Gasteiger partial charge in [-0.25, -0.2) is 17.9 Å². The molecular weight excluding hydrogens is 316 g/mol. The molecule has 0 radical (unpaired) electrons. The minimum absolute atomic E-state index is 0. The molecule has 1 aromatic heterocycles. The Balaban J connectivity index is 0.00000161. The maximum atomic E-state index is 12.3. The van der Waals surface area contributed by atoms with Crippen molar-refractivity contribution in [1.29, 1.82) is 0 Å². The number of fused-ring (bicyclic) bond motifs is 1. The molecule has 21 heavy (non-hydrogen) atoms. The second kappa shape index (κ2) is 6.15. The lowest BCUT2D eigenvalue weighted by molar-refractivity contribution is 0.557. The molecule has 6 nitrogen and oxygen atoms in total. The average Bonchev–Trinajstić information content (AvgIpc) is 2.90. The van der Waals surface area contributed by atoms with Crippen LogP contribution in [-0.4, -0.2) is 27.5 Å². The van der Waals surface area contributed by atoms with Crippen LogP contribution >= 0.6 is 12.4 Å². The summed E-state index contributed by atoms with van der Waals surface area (Å²) in [5.41, 5.74) is -0.0813. The van der Waals surface area contributed by atoms with E-state index < -0.39 is 15.6 Å². The predicted octanol–water partition coefficient (Wildman–Crippen LogP) is 0.855. The van der Waals surface area contributed by atoms with E-state index in [1.165, 1.54) is 24.3 Å². The van der Waals surface area contributed by atoms with Gasteiger partial charge in [0.15, 0.2) is 0 Å². The van der Waals surface area contributed by atoms with Crippen molar-refractivity contribution in [2.45, 2.75) is 17.4 Å². The summed E-state index contributed by atoms with van der Waals surface area (Å²) in [6.07, 6.45) is 0.779. The summed E-state index contributed by atoms with van der Waals surface area (Å²) in [4.78, 5) is 11.3. The van der Waals surface area contributed by atoms with Crippen molar-refractivity contribution < 1.29 is 12.8 Å². The summed E-state index contributed by atoms with van der Waals surface area (Å²) in [5.74, 6) is 0. The number of hydrogen-bond donors (Lipinski definition) is 2. The van der Waals surface area contributed by atoms with Gasteiger partial charge in [-0.15, -0.1) is 12.4 Å². The first kappa shape index (κ1) is 16.0. The van der Waals surface area contributed by atoms with Gasteiger partial charge in [0.25, 0.3) is 0 Å². The third-order valence-electron chi connectivity index (χ3n) is 3.28. The van der Waals surface area contributed by atoms with Gasteiger partial charge in [0.05, 0.1) is 4.90 Å². The van der Waals surface area contributed by atoms with Gasteiger partial charge in [-0.3, -0.25) is 0 Å². The van der Waals surface area contributed by atoms with Crippen LogP contribution in [0.4, 0.5) is 0 Å².